The van der Waals surface area contributed by atoms with E-state index in [1.54, 1.807) is 0 Å². The Bertz CT molecular complexity index is 344. The molecule has 0 spiro atoms. The topological polar surface area (TPSA) is 75.3 Å². The minimum absolute atomic E-state index is 0.137. The first-order chi connectivity index (χ1) is 7.05. The van der Waals surface area contributed by atoms with Gasteiger partial charge in [0.1, 0.15) is 5.75 Å². The van der Waals surface area contributed by atoms with E-state index in [1.807, 2.05) is 0 Å². The van der Waals surface area contributed by atoms with Crippen LogP contribution in [0, 0.1) is 5.92 Å². The summed E-state index contributed by atoms with van der Waals surface area (Å²) in [5, 5.41) is 5.70. The van der Waals surface area contributed by atoms with Gasteiger partial charge < -0.3 is 10.6 Å². The van der Waals surface area contributed by atoms with Crippen LogP contribution in [0.4, 0.5) is 0 Å². The van der Waals surface area contributed by atoms with Crippen LogP contribution in [-0.2, 0) is 14.6 Å². The van der Waals surface area contributed by atoms with Crippen LogP contribution in [0.5, 0.6) is 0 Å². The Labute approximate surface area is 89.5 Å². The highest BCUT2D eigenvalue weighted by Gasteiger charge is 2.28. The zero-order chi connectivity index (χ0) is 10.9. The predicted octanol–water partition coefficient (Wildman–Crippen LogP) is -1.10. The molecule has 1 aliphatic carbocycles. The van der Waals surface area contributed by atoms with Gasteiger partial charge in [-0.3, -0.25) is 4.79 Å². The van der Waals surface area contributed by atoms with Gasteiger partial charge in [0.05, 0.1) is 5.75 Å². The fourth-order valence-corrected chi connectivity index (χ4v) is 3.14. The first-order valence-corrected chi connectivity index (χ1v) is 7.08. The maximum absolute atomic E-state index is 11.6. The number of nitrogens with one attached hydrogen (secondary N) is 2. The van der Waals surface area contributed by atoms with Crippen LogP contribution in [0.25, 0.3) is 0 Å². The Morgan fingerprint density at radius 2 is 2.00 bits per heavy atom. The molecule has 2 N–H and O–H groups in total. The van der Waals surface area contributed by atoms with Gasteiger partial charge in [0.2, 0.25) is 5.91 Å². The number of hydrogen-bond acceptors (Lipinski definition) is 4. The Kier molecular flexibility index (Phi) is 2.97. The maximum atomic E-state index is 11.6. The van der Waals surface area contributed by atoms with Crippen molar-refractivity contribution in [3.05, 3.63) is 0 Å². The molecular formula is C9H16N2O3S. The first kappa shape index (κ1) is 10.9. The van der Waals surface area contributed by atoms with Crippen molar-refractivity contribution >= 4 is 15.7 Å². The second kappa shape index (κ2) is 4.09. The summed E-state index contributed by atoms with van der Waals surface area (Å²) in [5.41, 5.74) is 0. The van der Waals surface area contributed by atoms with Gasteiger partial charge in [0.15, 0.2) is 9.84 Å². The number of carbonyl (C=O) groups excluding carboxylic acids is 1. The third-order valence-electron chi connectivity index (χ3n) is 2.65. The molecular weight excluding hydrogens is 216 g/mol. The van der Waals surface area contributed by atoms with Gasteiger partial charge in [-0.15, -0.1) is 0 Å². The standard InChI is InChI=1S/C9H16N2O3S/c12-9(11-8-1-2-8)6-15(13,14)5-7-3-10-4-7/h7-8,10H,1-6H2,(H,11,12). The van der Waals surface area contributed by atoms with Gasteiger partial charge in [-0.1, -0.05) is 0 Å². The molecule has 5 nitrogen and oxygen atoms in total. The van der Waals surface area contributed by atoms with E-state index in [2.05, 4.69) is 10.6 Å². The Hall–Kier alpha value is -0.620. The van der Waals surface area contributed by atoms with Crippen LogP contribution in [0.3, 0.4) is 0 Å². The fraction of sp³-hybridized carbons (Fsp3) is 0.889. The summed E-state index contributed by atoms with van der Waals surface area (Å²) in [4.78, 5) is 11.3. The zero-order valence-corrected chi connectivity index (χ0v) is 9.35. The number of rotatable bonds is 5. The van der Waals surface area contributed by atoms with Gasteiger partial charge in [0, 0.05) is 19.1 Å². The summed E-state index contributed by atoms with van der Waals surface area (Å²) >= 11 is 0. The van der Waals surface area contributed by atoms with Crippen LogP contribution in [0.2, 0.25) is 0 Å². The molecule has 1 saturated carbocycles. The summed E-state index contributed by atoms with van der Waals surface area (Å²) in [7, 11) is -3.21. The van der Waals surface area contributed by atoms with Crippen LogP contribution >= 0.6 is 0 Å². The molecule has 0 aromatic carbocycles. The minimum atomic E-state index is -3.21. The molecule has 1 saturated heterocycles. The second-order valence-corrected chi connectivity index (χ2v) is 6.53. The van der Waals surface area contributed by atoms with Crippen molar-refractivity contribution < 1.29 is 13.2 Å². The molecule has 2 aliphatic rings. The van der Waals surface area contributed by atoms with Crippen molar-refractivity contribution in [2.24, 2.45) is 5.92 Å². The van der Waals surface area contributed by atoms with Gasteiger partial charge >= 0.3 is 0 Å². The molecule has 0 bridgehead atoms. The normalized spacial score (nSPS) is 22.1. The summed E-state index contributed by atoms with van der Waals surface area (Å²) in [5.74, 6) is -0.355. The van der Waals surface area contributed by atoms with Crippen molar-refractivity contribution in [2.45, 2.75) is 18.9 Å². The highest BCUT2D eigenvalue weighted by Crippen LogP contribution is 2.18. The van der Waals surface area contributed by atoms with E-state index in [9.17, 15) is 13.2 Å². The van der Waals surface area contributed by atoms with Crippen molar-refractivity contribution in [2.75, 3.05) is 24.6 Å². The van der Waals surface area contributed by atoms with Gasteiger partial charge in [-0.2, -0.15) is 0 Å². The Balaban J connectivity index is 1.77. The fourth-order valence-electron chi connectivity index (χ4n) is 1.58. The first-order valence-electron chi connectivity index (χ1n) is 5.26. The van der Waals surface area contributed by atoms with Crippen LogP contribution in [0.1, 0.15) is 12.8 Å². The largest absolute Gasteiger partial charge is 0.352 e. The molecule has 0 aromatic rings. The summed E-state index contributed by atoms with van der Waals surface area (Å²) in [6.07, 6.45) is 1.97. The highest BCUT2D eigenvalue weighted by atomic mass is 32.2. The molecule has 1 aliphatic heterocycles. The van der Waals surface area contributed by atoms with Crippen molar-refractivity contribution in [3.63, 3.8) is 0 Å². The number of carbonyl (C=O) groups is 1. The molecule has 1 heterocycles. The number of hydrogen-bond donors (Lipinski definition) is 2. The monoisotopic (exact) mass is 232 g/mol. The number of amides is 1. The van der Waals surface area contributed by atoms with E-state index in [4.69, 9.17) is 0 Å². The smallest absolute Gasteiger partial charge is 0.235 e. The van der Waals surface area contributed by atoms with Crippen LogP contribution < -0.4 is 10.6 Å². The minimum Gasteiger partial charge on any atom is -0.352 e. The van der Waals surface area contributed by atoms with Crippen molar-refractivity contribution in [3.8, 4) is 0 Å². The van der Waals surface area contributed by atoms with Crippen molar-refractivity contribution in [1.82, 2.24) is 10.6 Å². The Morgan fingerprint density at radius 3 is 2.47 bits per heavy atom. The molecule has 6 heteroatoms. The van der Waals surface area contributed by atoms with E-state index in [0.29, 0.717) is 0 Å². The highest BCUT2D eigenvalue weighted by molar-refractivity contribution is 7.92. The third-order valence-corrected chi connectivity index (χ3v) is 4.33. The van der Waals surface area contributed by atoms with Crippen LogP contribution in [0.15, 0.2) is 0 Å². The average Bonchev–Trinajstić information content (AvgIpc) is 2.79. The average molecular weight is 232 g/mol. The van der Waals surface area contributed by atoms with Crippen molar-refractivity contribution in [1.29, 1.82) is 0 Å². The molecule has 86 valence electrons. The summed E-state index contributed by atoms with van der Waals surface area (Å²) in [6, 6.07) is 0.234. The van der Waals surface area contributed by atoms with E-state index in [0.717, 1.165) is 25.9 Å². The van der Waals surface area contributed by atoms with Gasteiger partial charge in [-0.25, -0.2) is 8.42 Å². The lowest BCUT2D eigenvalue weighted by molar-refractivity contribution is -0.118. The molecule has 0 radical (unpaired) electrons. The molecule has 15 heavy (non-hydrogen) atoms. The van der Waals surface area contributed by atoms with E-state index in [-0.39, 0.29) is 29.4 Å². The molecule has 0 atom stereocenters. The molecule has 2 fully saturated rings. The summed E-state index contributed by atoms with van der Waals surface area (Å²) < 4.78 is 23.1. The quantitative estimate of drug-likeness (QED) is 0.631. The Morgan fingerprint density at radius 1 is 1.33 bits per heavy atom. The molecule has 0 unspecified atom stereocenters. The number of sulfone groups is 1. The second-order valence-electron chi connectivity index (χ2n) is 4.42. The summed E-state index contributed by atoms with van der Waals surface area (Å²) in [6.45, 7) is 1.51. The molecule has 0 aromatic heterocycles. The molecule has 1 amide bonds. The van der Waals surface area contributed by atoms with Gasteiger partial charge in [-0.05, 0) is 18.8 Å². The third kappa shape index (κ3) is 3.46. The van der Waals surface area contributed by atoms with E-state index < -0.39 is 9.84 Å². The van der Waals surface area contributed by atoms with E-state index >= 15 is 0 Å². The van der Waals surface area contributed by atoms with Gasteiger partial charge in [0.25, 0.3) is 0 Å². The lowest BCUT2D eigenvalue weighted by Crippen LogP contribution is -2.46. The maximum Gasteiger partial charge on any atom is 0.235 e. The predicted molar refractivity (Wildman–Crippen MR) is 56.2 cm³/mol. The van der Waals surface area contributed by atoms with Crippen LogP contribution in [-0.4, -0.2) is 45.0 Å². The zero-order valence-electron chi connectivity index (χ0n) is 8.53. The lowest BCUT2D eigenvalue weighted by atomic mass is 10.1. The lowest BCUT2D eigenvalue weighted by Gasteiger charge is -2.26. The van der Waals surface area contributed by atoms with E-state index in [1.165, 1.54) is 0 Å². The molecule has 2 rings (SSSR count). The SMILES string of the molecule is O=C(CS(=O)(=O)CC1CNC1)NC1CC1.